The molecule has 0 bridgehead atoms. The first-order chi connectivity index (χ1) is 7.37. The molecule has 1 aromatic heterocycles. The summed E-state index contributed by atoms with van der Waals surface area (Å²) < 4.78 is 13.6. The Balaban J connectivity index is 2.27. The topological polar surface area (TPSA) is 49.2 Å². The molecule has 5 nitrogen and oxygen atoms in total. The lowest BCUT2D eigenvalue weighted by molar-refractivity contribution is 0.00578. The first kappa shape index (κ1) is 11.6. The van der Waals surface area contributed by atoms with Crippen LogP contribution in [0.4, 0.5) is 0 Å². The van der Waals surface area contributed by atoms with Crippen molar-refractivity contribution in [2.75, 3.05) is 0 Å². The molecule has 0 atom stereocenters. The molecular formula is C10H18BN3O2. The average Bonchev–Trinajstić information content (AvgIpc) is 2.69. The zero-order valence-corrected chi connectivity index (χ0v) is 10.5. The first-order valence-electron chi connectivity index (χ1n) is 5.61. The third-order valence-corrected chi connectivity index (χ3v) is 3.41. The molecule has 2 rings (SSSR count). The highest BCUT2D eigenvalue weighted by Crippen LogP contribution is 2.36. The van der Waals surface area contributed by atoms with Crippen LogP contribution in [-0.4, -0.2) is 33.1 Å². The zero-order chi connectivity index (χ0) is 12.0. The lowest BCUT2D eigenvalue weighted by Crippen LogP contribution is -2.41. The molecule has 1 aliphatic rings. The number of hydrogen-bond donors (Lipinski definition) is 0. The van der Waals surface area contributed by atoms with Gasteiger partial charge in [-0.05, 0) is 34.6 Å². The second-order valence-electron chi connectivity index (χ2n) is 5.02. The van der Waals surface area contributed by atoms with Crippen molar-refractivity contribution in [2.24, 2.45) is 0 Å². The number of hydrogen-bond acceptors (Lipinski definition) is 4. The lowest BCUT2D eigenvalue weighted by atomic mass is 9.89. The molecule has 0 amide bonds. The minimum Gasteiger partial charge on any atom is -0.397 e. The monoisotopic (exact) mass is 223 g/mol. The van der Waals surface area contributed by atoms with Gasteiger partial charge in [0.25, 0.3) is 0 Å². The fraction of sp³-hybridized carbons (Fsp3) is 0.800. The van der Waals surface area contributed by atoms with Gasteiger partial charge in [0.15, 0.2) is 5.72 Å². The van der Waals surface area contributed by atoms with E-state index in [1.54, 1.807) is 4.68 Å². The SMILES string of the molecule is CCn1ncnc1B1OC(C)(C)C(C)(C)O1. The van der Waals surface area contributed by atoms with Crippen molar-refractivity contribution in [3.63, 3.8) is 0 Å². The summed E-state index contributed by atoms with van der Waals surface area (Å²) in [5, 5.41) is 4.12. The molecule has 88 valence electrons. The van der Waals surface area contributed by atoms with E-state index < -0.39 is 7.12 Å². The summed E-state index contributed by atoms with van der Waals surface area (Å²) in [7, 11) is -0.424. The summed E-state index contributed by atoms with van der Waals surface area (Å²) in [6.07, 6.45) is 1.53. The molecular weight excluding hydrogens is 205 g/mol. The molecule has 0 N–H and O–H groups in total. The quantitative estimate of drug-likeness (QED) is 0.689. The van der Waals surface area contributed by atoms with Crippen LogP contribution in [0, 0.1) is 0 Å². The van der Waals surface area contributed by atoms with Crippen LogP contribution in [0.15, 0.2) is 6.33 Å². The van der Waals surface area contributed by atoms with Gasteiger partial charge in [0.1, 0.15) is 6.33 Å². The van der Waals surface area contributed by atoms with E-state index in [9.17, 15) is 0 Å². The van der Waals surface area contributed by atoms with E-state index in [0.717, 1.165) is 12.3 Å². The molecule has 6 heteroatoms. The van der Waals surface area contributed by atoms with E-state index in [0.29, 0.717) is 0 Å². The van der Waals surface area contributed by atoms with Gasteiger partial charge in [-0.15, -0.1) is 0 Å². The van der Waals surface area contributed by atoms with Gasteiger partial charge in [-0.2, -0.15) is 5.10 Å². The van der Waals surface area contributed by atoms with Crippen molar-refractivity contribution < 1.29 is 9.31 Å². The summed E-state index contributed by atoms with van der Waals surface area (Å²) in [6.45, 7) is 10.9. The van der Waals surface area contributed by atoms with Gasteiger partial charge in [0.05, 0.1) is 11.2 Å². The Kier molecular flexibility index (Phi) is 2.59. The Hall–Kier alpha value is -0.875. The fourth-order valence-corrected chi connectivity index (χ4v) is 1.65. The van der Waals surface area contributed by atoms with Crippen molar-refractivity contribution >= 4 is 12.8 Å². The summed E-state index contributed by atoms with van der Waals surface area (Å²) in [5.74, 6) is 0. The summed E-state index contributed by atoms with van der Waals surface area (Å²) in [5.41, 5.74) is 0.0749. The number of aromatic nitrogens is 3. The highest BCUT2D eigenvalue weighted by Gasteiger charge is 2.53. The largest absolute Gasteiger partial charge is 0.534 e. The van der Waals surface area contributed by atoms with Crippen LogP contribution in [-0.2, 0) is 15.9 Å². The van der Waals surface area contributed by atoms with Crippen LogP contribution in [0.3, 0.4) is 0 Å². The normalized spacial score (nSPS) is 22.7. The zero-order valence-electron chi connectivity index (χ0n) is 10.5. The van der Waals surface area contributed by atoms with Crippen molar-refractivity contribution in [1.82, 2.24) is 14.8 Å². The molecule has 1 fully saturated rings. The van der Waals surface area contributed by atoms with Gasteiger partial charge in [-0.3, -0.25) is 4.68 Å². The summed E-state index contributed by atoms with van der Waals surface area (Å²) >= 11 is 0. The number of rotatable bonds is 2. The molecule has 1 saturated heterocycles. The van der Waals surface area contributed by atoms with E-state index in [1.165, 1.54) is 6.33 Å². The maximum Gasteiger partial charge on any atom is 0.534 e. The van der Waals surface area contributed by atoms with E-state index in [-0.39, 0.29) is 11.2 Å². The van der Waals surface area contributed by atoms with Crippen LogP contribution < -0.4 is 5.72 Å². The van der Waals surface area contributed by atoms with E-state index >= 15 is 0 Å². The van der Waals surface area contributed by atoms with Crippen molar-refractivity contribution in [2.45, 2.75) is 52.4 Å². The molecule has 0 saturated carbocycles. The van der Waals surface area contributed by atoms with Crippen molar-refractivity contribution in [1.29, 1.82) is 0 Å². The Labute approximate surface area is 96.3 Å². The van der Waals surface area contributed by atoms with Gasteiger partial charge in [0, 0.05) is 6.54 Å². The molecule has 1 aromatic rings. The smallest absolute Gasteiger partial charge is 0.397 e. The molecule has 1 aliphatic heterocycles. The third-order valence-electron chi connectivity index (χ3n) is 3.41. The molecule has 0 aromatic carbocycles. The second kappa shape index (κ2) is 3.57. The highest BCUT2D eigenvalue weighted by atomic mass is 16.7. The maximum absolute atomic E-state index is 5.91. The lowest BCUT2D eigenvalue weighted by Gasteiger charge is -2.32. The van der Waals surface area contributed by atoms with Crippen molar-refractivity contribution in [3.05, 3.63) is 6.33 Å². The van der Waals surface area contributed by atoms with Gasteiger partial charge >= 0.3 is 7.12 Å². The Bertz CT molecular complexity index is 373. The third kappa shape index (κ3) is 1.66. The Morgan fingerprint density at radius 1 is 1.25 bits per heavy atom. The second-order valence-corrected chi connectivity index (χ2v) is 5.02. The minimum atomic E-state index is -0.424. The molecule has 0 unspecified atom stereocenters. The standard InChI is InChI=1S/C10H18BN3O2/c1-6-14-8(12-7-13-14)11-15-9(2,3)10(4,5)16-11/h7H,6H2,1-5H3. The van der Waals surface area contributed by atoms with Crippen LogP contribution in [0.2, 0.25) is 0 Å². The van der Waals surface area contributed by atoms with E-state index in [4.69, 9.17) is 9.31 Å². The van der Waals surface area contributed by atoms with Crippen LogP contribution in [0.25, 0.3) is 0 Å². The number of aryl methyl sites for hydroxylation is 1. The molecule has 16 heavy (non-hydrogen) atoms. The van der Waals surface area contributed by atoms with Crippen molar-refractivity contribution in [3.8, 4) is 0 Å². The van der Waals surface area contributed by atoms with E-state index in [1.807, 2.05) is 34.6 Å². The number of nitrogens with zero attached hydrogens (tertiary/aromatic N) is 3. The van der Waals surface area contributed by atoms with Crippen LogP contribution in [0.5, 0.6) is 0 Å². The van der Waals surface area contributed by atoms with Gasteiger partial charge in [-0.25, -0.2) is 4.98 Å². The first-order valence-corrected chi connectivity index (χ1v) is 5.61. The summed E-state index contributed by atoms with van der Waals surface area (Å²) in [4.78, 5) is 4.20. The van der Waals surface area contributed by atoms with Crippen LogP contribution >= 0.6 is 0 Å². The molecule has 0 aliphatic carbocycles. The van der Waals surface area contributed by atoms with E-state index in [2.05, 4.69) is 10.1 Å². The minimum absolute atomic E-state index is 0.331. The Morgan fingerprint density at radius 2 is 1.81 bits per heavy atom. The summed E-state index contributed by atoms with van der Waals surface area (Å²) in [6, 6.07) is 0. The molecule has 0 radical (unpaired) electrons. The highest BCUT2D eigenvalue weighted by molar-refractivity contribution is 6.60. The maximum atomic E-state index is 5.91. The van der Waals surface area contributed by atoms with Crippen LogP contribution in [0.1, 0.15) is 34.6 Å². The van der Waals surface area contributed by atoms with Gasteiger partial charge in [0.2, 0.25) is 0 Å². The van der Waals surface area contributed by atoms with Gasteiger partial charge in [-0.1, -0.05) is 0 Å². The fourth-order valence-electron chi connectivity index (χ4n) is 1.65. The average molecular weight is 223 g/mol. The molecule has 2 heterocycles. The predicted octanol–water partition coefficient (Wildman–Crippen LogP) is 0.597. The predicted molar refractivity (Wildman–Crippen MR) is 61.4 cm³/mol. The Morgan fingerprint density at radius 3 is 2.31 bits per heavy atom. The van der Waals surface area contributed by atoms with Gasteiger partial charge < -0.3 is 9.31 Å². The molecule has 0 spiro atoms.